The van der Waals surface area contributed by atoms with Gasteiger partial charge in [-0.25, -0.2) is 0 Å². The van der Waals surface area contributed by atoms with Crippen LogP contribution < -0.4 is 0 Å². The molecule has 0 aliphatic heterocycles. The molecule has 5 rings (SSSR count). The fourth-order valence-electron chi connectivity index (χ4n) is 4.69. The van der Waals surface area contributed by atoms with Gasteiger partial charge in [0.25, 0.3) is 0 Å². The summed E-state index contributed by atoms with van der Waals surface area (Å²) >= 11 is 12.6. The van der Waals surface area contributed by atoms with E-state index in [0.29, 0.717) is 0 Å². The topological polar surface area (TPSA) is 20.2 Å². The van der Waals surface area contributed by atoms with Crippen LogP contribution in [0.15, 0.2) is 84.9 Å². The lowest BCUT2D eigenvalue weighted by molar-refractivity contribution is 0.0726. The van der Waals surface area contributed by atoms with Gasteiger partial charge in [0.05, 0.1) is 0 Å². The predicted molar refractivity (Wildman–Crippen MR) is 122 cm³/mol. The monoisotopic (exact) mass is 418 g/mol. The first kappa shape index (κ1) is 18.7. The van der Waals surface area contributed by atoms with E-state index < -0.39 is 10.4 Å². The van der Waals surface area contributed by atoms with Crippen LogP contribution in [0.2, 0.25) is 0 Å². The van der Waals surface area contributed by atoms with Gasteiger partial charge in [-0.1, -0.05) is 84.9 Å². The summed E-state index contributed by atoms with van der Waals surface area (Å²) in [6.07, 6.45) is 0. The maximum absolute atomic E-state index is 11.4. The number of aliphatic hydroxyl groups is 1. The lowest BCUT2D eigenvalue weighted by Gasteiger charge is -2.31. The Morgan fingerprint density at radius 3 is 1.90 bits per heavy atom. The van der Waals surface area contributed by atoms with Crippen molar-refractivity contribution in [1.29, 1.82) is 0 Å². The van der Waals surface area contributed by atoms with Gasteiger partial charge in [0.2, 0.25) is 0 Å². The first-order valence-corrected chi connectivity index (χ1v) is 10.6. The summed E-state index contributed by atoms with van der Waals surface area (Å²) in [5, 5.41) is 13.5. The summed E-state index contributed by atoms with van der Waals surface area (Å²) in [5.74, 6) is 0.0144. The van der Waals surface area contributed by atoms with E-state index in [-0.39, 0.29) is 5.92 Å². The highest BCUT2D eigenvalue weighted by molar-refractivity contribution is 6.45. The molecule has 1 nitrogen and oxygen atoms in total. The Morgan fingerprint density at radius 2 is 1.28 bits per heavy atom. The second kappa shape index (κ2) is 6.88. The Balaban J connectivity index is 1.87. The van der Waals surface area contributed by atoms with E-state index in [1.54, 1.807) is 6.92 Å². The third-order valence-electron chi connectivity index (χ3n) is 6.04. The van der Waals surface area contributed by atoms with Crippen LogP contribution in [0.5, 0.6) is 0 Å². The highest BCUT2D eigenvalue weighted by Gasteiger charge is 2.39. The Bertz CT molecular complexity index is 1180. The molecule has 0 aromatic heterocycles. The Morgan fingerprint density at radius 1 is 0.724 bits per heavy atom. The molecular weight excluding hydrogens is 399 g/mol. The van der Waals surface area contributed by atoms with Gasteiger partial charge >= 0.3 is 0 Å². The third kappa shape index (κ3) is 2.80. The van der Waals surface area contributed by atoms with Gasteiger partial charge in [-0.05, 0) is 51.1 Å². The summed E-state index contributed by atoms with van der Waals surface area (Å²) in [5.41, 5.74) is 5.38. The molecule has 1 aliphatic rings. The zero-order valence-electron chi connectivity index (χ0n) is 15.9. The van der Waals surface area contributed by atoms with Crippen LogP contribution >= 0.6 is 23.2 Å². The molecule has 3 heteroatoms. The molecule has 0 radical (unpaired) electrons. The predicted octanol–water partition coefficient (Wildman–Crippen LogP) is 7.01. The molecule has 0 saturated heterocycles. The van der Waals surface area contributed by atoms with Gasteiger partial charge in [-0.15, -0.1) is 23.2 Å². The first-order valence-electron chi connectivity index (χ1n) is 9.71. The fourth-order valence-corrected chi connectivity index (χ4v) is 4.91. The number of halogens is 2. The van der Waals surface area contributed by atoms with Crippen LogP contribution in [0, 0.1) is 0 Å². The van der Waals surface area contributed by atoms with Gasteiger partial charge in [-0.3, -0.25) is 0 Å². The highest BCUT2D eigenvalue weighted by atomic mass is 35.5. The molecule has 0 heterocycles. The lowest BCUT2D eigenvalue weighted by atomic mass is 9.79. The Hall–Kier alpha value is -2.32. The molecule has 1 N–H and O–H groups in total. The molecule has 4 aromatic carbocycles. The molecule has 0 saturated carbocycles. The van der Waals surface area contributed by atoms with E-state index in [1.807, 2.05) is 24.3 Å². The molecule has 0 bridgehead atoms. The van der Waals surface area contributed by atoms with Crippen molar-refractivity contribution >= 4 is 34.0 Å². The van der Waals surface area contributed by atoms with Crippen LogP contribution in [0.3, 0.4) is 0 Å². The van der Waals surface area contributed by atoms with Crippen molar-refractivity contribution in [1.82, 2.24) is 0 Å². The molecule has 0 spiro atoms. The van der Waals surface area contributed by atoms with Crippen LogP contribution in [0.25, 0.3) is 21.9 Å². The summed E-state index contributed by atoms with van der Waals surface area (Å²) in [6.45, 7) is 1.70. The van der Waals surface area contributed by atoms with Crippen LogP contribution in [0.1, 0.15) is 35.1 Å². The largest absolute Gasteiger partial charge is 0.383 e. The number of hydrogen-bond donors (Lipinski definition) is 1. The minimum absolute atomic E-state index is 0.0144. The van der Waals surface area contributed by atoms with E-state index >= 15 is 0 Å². The lowest BCUT2D eigenvalue weighted by Crippen LogP contribution is -2.31. The molecule has 0 amide bonds. The van der Waals surface area contributed by atoms with E-state index in [4.69, 9.17) is 23.2 Å². The van der Waals surface area contributed by atoms with E-state index in [1.165, 1.54) is 22.3 Å². The summed E-state index contributed by atoms with van der Waals surface area (Å²) in [6, 6.07) is 29.3. The molecule has 144 valence electrons. The van der Waals surface area contributed by atoms with Crippen molar-refractivity contribution in [3.05, 3.63) is 107 Å². The van der Waals surface area contributed by atoms with Crippen molar-refractivity contribution in [2.24, 2.45) is 0 Å². The van der Waals surface area contributed by atoms with Crippen LogP contribution in [-0.2, 0) is 5.60 Å². The minimum atomic E-state index is -1.40. The maximum Gasteiger partial charge on any atom is 0.140 e. The van der Waals surface area contributed by atoms with Crippen LogP contribution in [-0.4, -0.2) is 9.94 Å². The second-order valence-corrected chi connectivity index (χ2v) is 8.90. The van der Waals surface area contributed by atoms with Crippen molar-refractivity contribution < 1.29 is 5.11 Å². The molecule has 1 unspecified atom stereocenters. The van der Waals surface area contributed by atoms with Crippen LogP contribution in [0.4, 0.5) is 0 Å². The molecule has 0 fully saturated rings. The van der Waals surface area contributed by atoms with E-state index in [2.05, 4.69) is 60.7 Å². The zero-order valence-corrected chi connectivity index (χ0v) is 17.5. The third-order valence-corrected chi connectivity index (χ3v) is 6.89. The normalized spacial score (nSPS) is 15.3. The standard InChI is InChI=1S/C26H20Cl2O/c1-26(29,25(27)28)24-17-9-3-2-8-16(17)14-15-22(24)23-20-12-6-4-10-18(20)19-11-5-7-13-21(19)23/h2-15,23,25,29H,1H3. The maximum atomic E-state index is 11.4. The van der Waals surface area contributed by atoms with Gasteiger partial charge in [0, 0.05) is 5.92 Å². The number of hydrogen-bond acceptors (Lipinski definition) is 1. The van der Waals surface area contributed by atoms with Gasteiger partial charge < -0.3 is 5.11 Å². The summed E-state index contributed by atoms with van der Waals surface area (Å²) < 4.78 is 0. The van der Waals surface area contributed by atoms with Crippen molar-refractivity contribution in [3.8, 4) is 11.1 Å². The molecule has 1 atom stereocenters. The Kier molecular flexibility index (Phi) is 4.43. The average molecular weight is 419 g/mol. The first-order chi connectivity index (χ1) is 14.0. The van der Waals surface area contributed by atoms with Crippen molar-refractivity contribution in [3.63, 3.8) is 0 Å². The SMILES string of the molecule is CC(O)(c1c(C2c3ccccc3-c3ccccc32)ccc2ccccc12)C(Cl)Cl. The molecule has 1 aliphatic carbocycles. The quantitative estimate of drug-likeness (QED) is 0.312. The highest BCUT2D eigenvalue weighted by Crippen LogP contribution is 2.51. The van der Waals surface area contributed by atoms with Gasteiger partial charge in [0.15, 0.2) is 0 Å². The van der Waals surface area contributed by atoms with E-state index in [0.717, 1.165) is 21.9 Å². The second-order valence-electron chi connectivity index (χ2n) is 7.81. The number of benzene rings is 4. The minimum Gasteiger partial charge on any atom is -0.383 e. The van der Waals surface area contributed by atoms with E-state index in [9.17, 15) is 5.11 Å². The smallest absolute Gasteiger partial charge is 0.140 e. The average Bonchev–Trinajstić information content (AvgIpc) is 3.07. The Labute approximate surface area is 180 Å². The fraction of sp³-hybridized carbons (Fsp3) is 0.154. The molecule has 4 aromatic rings. The van der Waals surface area contributed by atoms with Crippen molar-refractivity contribution in [2.45, 2.75) is 23.3 Å². The number of rotatable bonds is 3. The van der Waals surface area contributed by atoms with Gasteiger partial charge in [0.1, 0.15) is 10.4 Å². The summed E-state index contributed by atoms with van der Waals surface area (Å²) in [7, 11) is 0. The van der Waals surface area contributed by atoms with Crippen molar-refractivity contribution in [2.75, 3.05) is 0 Å². The van der Waals surface area contributed by atoms with Gasteiger partial charge in [-0.2, -0.15) is 0 Å². The molecular formula is C26H20Cl2O. The number of fused-ring (bicyclic) bond motifs is 4. The summed E-state index contributed by atoms with van der Waals surface area (Å²) in [4.78, 5) is -0.959. The molecule has 29 heavy (non-hydrogen) atoms. The number of alkyl halides is 2. The zero-order chi connectivity index (χ0) is 20.2.